The molecular weight excluding hydrogens is 303 g/mol. The quantitative estimate of drug-likeness (QED) is 0.815. The molecule has 0 aliphatic heterocycles. The third kappa shape index (κ3) is 3.30. The van der Waals surface area contributed by atoms with Gasteiger partial charge in [0, 0.05) is 21.9 Å². The number of oxazole rings is 1. The topological polar surface area (TPSA) is 38.9 Å². The molecule has 0 saturated carbocycles. The van der Waals surface area contributed by atoms with Crippen molar-refractivity contribution >= 4 is 22.6 Å². The second-order valence-corrected chi connectivity index (χ2v) is 4.49. The Morgan fingerprint density at radius 2 is 2.13 bits per heavy atom. The minimum Gasteiger partial charge on any atom is -0.449 e. The molecular formula is C11H11IN2O. The number of pyridine rings is 1. The van der Waals surface area contributed by atoms with E-state index in [1.54, 1.807) is 12.5 Å². The Labute approximate surface area is 102 Å². The highest BCUT2D eigenvalue weighted by atomic mass is 127. The van der Waals surface area contributed by atoms with Crippen molar-refractivity contribution in [2.45, 2.75) is 19.3 Å². The van der Waals surface area contributed by atoms with Gasteiger partial charge in [-0.1, -0.05) is 0 Å². The Balaban J connectivity index is 1.81. The zero-order valence-corrected chi connectivity index (χ0v) is 10.3. The molecule has 2 aromatic heterocycles. The van der Waals surface area contributed by atoms with Gasteiger partial charge in [0.1, 0.15) is 6.26 Å². The monoisotopic (exact) mass is 314 g/mol. The van der Waals surface area contributed by atoms with Crippen LogP contribution in [0, 0.1) is 3.57 Å². The predicted molar refractivity (Wildman–Crippen MR) is 65.5 cm³/mol. The maximum absolute atomic E-state index is 5.16. The van der Waals surface area contributed by atoms with Crippen molar-refractivity contribution in [2.75, 3.05) is 0 Å². The van der Waals surface area contributed by atoms with Gasteiger partial charge >= 0.3 is 0 Å². The van der Waals surface area contributed by atoms with E-state index in [1.165, 1.54) is 3.57 Å². The summed E-state index contributed by atoms with van der Waals surface area (Å²) in [6.07, 6.45) is 8.05. The van der Waals surface area contributed by atoms with Gasteiger partial charge in [0.15, 0.2) is 5.89 Å². The SMILES string of the molecule is Ic1ccc(CCCc2ncco2)nc1. The molecule has 0 atom stereocenters. The lowest BCUT2D eigenvalue weighted by molar-refractivity contribution is 0.486. The van der Waals surface area contributed by atoms with E-state index in [-0.39, 0.29) is 0 Å². The lowest BCUT2D eigenvalue weighted by Crippen LogP contribution is -1.93. The van der Waals surface area contributed by atoms with Crippen LogP contribution < -0.4 is 0 Å². The van der Waals surface area contributed by atoms with Crippen LogP contribution in [0.4, 0.5) is 0 Å². The Hall–Kier alpha value is -0.910. The van der Waals surface area contributed by atoms with Gasteiger partial charge < -0.3 is 4.42 Å². The van der Waals surface area contributed by atoms with Crippen LogP contribution >= 0.6 is 22.6 Å². The first kappa shape index (κ1) is 10.6. The molecule has 0 aromatic carbocycles. The first-order chi connectivity index (χ1) is 7.34. The van der Waals surface area contributed by atoms with E-state index in [0.717, 1.165) is 30.8 Å². The molecule has 3 nitrogen and oxygen atoms in total. The van der Waals surface area contributed by atoms with Gasteiger partial charge in [-0.2, -0.15) is 0 Å². The Bertz CT molecular complexity index is 397. The summed E-state index contributed by atoms with van der Waals surface area (Å²) in [5, 5.41) is 0. The molecule has 2 heterocycles. The van der Waals surface area contributed by atoms with Crippen LogP contribution in [-0.2, 0) is 12.8 Å². The second-order valence-electron chi connectivity index (χ2n) is 3.25. The van der Waals surface area contributed by atoms with Crippen molar-refractivity contribution < 1.29 is 4.42 Å². The lowest BCUT2D eigenvalue weighted by Gasteiger charge is -1.98. The highest BCUT2D eigenvalue weighted by Crippen LogP contribution is 2.07. The normalized spacial score (nSPS) is 10.5. The standard InChI is InChI=1S/C11H11IN2O/c12-9-4-5-10(14-8-9)2-1-3-11-13-6-7-15-11/h4-8H,1-3H2. The summed E-state index contributed by atoms with van der Waals surface area (Å²) in [4.78, 5) is 8.41. The average molecular weight is 314 g/mol. The fourth-order valence-corrected chi connectivity index (χ4v) is 1.67. The van der Waals surface area contributed by atoms with Gasteiger partial charge in [0.05, 0.1) is 6.20 Å². The molecule has 2 aromatic rings. The molecule has 15 heavy (non-hydrogen) atoms. The van der Waals surface area contributed by atoms with Gasteiger partial charge in [-0.15, -0.1) is 0 Å². The number of rotatable bonds is 4. The molecule has 2 rings (SSSR count). The molecule has 0 aliphatic carbocycles. The van der Waals surface area contributed by atoms with Crippen molar-refractivity contribution in [3.8, 4) is 0 Å². The largest absolute Gasteiger partial charge is 0.449 e. The highest BCUT2D eigenvalue weighted by molar-refractivity contribution is 14.1. The summed E-state index contributed by atoms with van der Waals surface area (Å²) in [6.45, 7) is 0. The van der Waals surface area contributed by atoms with Gasteiger partial charge in [0.2, 0.25) is 0 Å². The summed E-state index contributed by atoms with van der Waals surface area (Å²) in [6, 6.07) is 4.14. The van der Waals surface area contributed by atoms with E-state index in [1.807, 2.05) is 6.20 Å². The molecule has 0 unspecified atom stereocenters. The zero-order chi connectivity index (χ0) is 10.5. The van der Waals surface area contributed by atoms with Crippen molar-refractivity contribution in [3.05, 3.63) is 45.9 Å². The molecule has 0 fully saturated rings. The van der Waals surface area contributed by atoms with Crippen LogP contribution in [-0.4, -0.2) is 9.97 Å². The number of halogens is 1. The maximum atomic E-state index is 5.16. The van der Waals surface area contributed by atoms with Crippen molar-refractivity contribution in [1.29, 1.82) is 0 Å². The molecule has 0 bridgehead atoms. The summed E-state index contributed by atoms with van der Waals surface area (Å²) in [5.74, 6) is 0.806. The van der Waals surface area contributed by atoms with Gasteiger partial charge in [0.25, 0.3) is 0 Å². The van der Waals surface area contributed by atoms with Crippen molar-refractivity contribution in [3.63, 3.8) is 0 Å². The number of hydrogen-bond donors (Lipinski definition) is 0. The van der Waals surface area contributed by atoms with E-state index in [9.17, 15) is 0 Å². The number of hydrogen-bond acceptors (Lipinski definition) is 3. The molecule has 4 heteroatoms. The predicted octanol–water partition coefficient (Wildman–Crippen LogP) is 2.85. The summed E-state index contributed by atoms with van der Waals surface area (Å²) in [7, 11) is 0. The molecule has 78 valence electrons. The fraction of sp³-hybridized carbons (Fsp3) is 0.273. The average Bonchev–Trinajstić information content (AvgIpc) is 2.74. The van der Waals surface area contributed by atoms with Crippen LogP contribution in [0.25, 0.3) is 0 Å². The minimum atomic E-state index is 0.806. The first-order valence-electron chi connectivity index (χ1n) is 4.83. The van der Waals surface area contributed by atoms with Crippen molar-refractivity contribution in [2.24, 2.45) is 0 Å². The third-order valence-electron chi connectivity index (χ3n) is 2.10. The second kappa shape index (κ2) is 5.25. The van der Waals surface area contributed by atoms with E-state index in [4.69, 9.17) is 4.42 Å². The van der Waals surface area contributed by atoms with E-state index >= 15 is 0 Å². The zero-order valence-electron chi connectivity index (χ0n) is 8.19. The summed E-state index contributed by atoms with van der Waals surface area (Å²) >= 11 is 2.26. The van der Waals surface area contributed by atoms with Gasteiger partial charge in [-0.3, -0.25) is 4.98 Å². The Kier molecular flexibility index (Phi) is 3.71. The Morgan fingerprint density at radius 3 is 2.80 bits per heavy atom. The van der Waals surface area contributed by atoms with E-state index in [0.29, 0.717) is 0 Å². The smallest absolute Gasteiger partial charge is 0.193 e. The first-order valence-corrected chi connectivity index (χ1v) is 5.91. The molecule has 0 radical (unpaired) electrons. The lowest BCUT2D eigenvalue weighted by atomic mass is 10.2. The van der Waals surface area contributed by atoms with Gasteiger partial charge in [-0.05, 0) is 47.6 Å². The van der Waals surface area contributed by atoms with Gasteiger partial charge in [-0.25, -0.2) is 4.98 Å². The molecule has 0 amide bonds. The van der Waals surface area contributed by atoms with E-state index in [2.05, 4.69) is 44.7 Å². The number of aryl methyl sites for hydroxylation is 2. The fourth-order valence-electron chi connectivity index (χ4n) is 1.35. The molecule has 0 saturated heterocycles. The highest BCUT2D eigenvalue weighted by Gasteiger charge is 1.99. The van der Waals surface area contributed by atoms with Crippen LogP contribution in [0.15, 0.2) is 35.2 Å². The maximum Gasteiger partial charge on any atom is 0.193 e. The minimum absolute atomic E-state index is 0.806. The molecule has 0 N–H and O–H groups in total. The Morgan fingerprint density at radius 1 is 1.20 bits per heavy atom. The third-order valence-corrected chi connectivity index (χ3v) is 2.73. The number of aromatic nitrogens is 2. The van der Waals surface area contributed by atoms with Crippen LogP contribution in [0.1, 0.15) is 18.0 Å². The van der Waals surface area contributed by atoms with Crippen LogP contribution in [0.2, 0.25) is 0 Å². The van der Waals surface area contributed by atoms with Crippen LogP contribution in [0.5, 0.6) is 0 Å². The van der Waals surface area contributed by atoms with Crippen LogP contribution in [0.3, 0.4) is 0 Å². The van der Waals surface area contributed by atoms with E-state index < -0.39 is 0 Å². The molecule has 0 spiro atoms. The van der Waals surface area contributed by atoms with Crippen molar-refractivity contribution in [1.82, 2.24) is 9.97 Å². The number of nitrogens with zero attached hydrogens (tertiary/aromatic N) is 2. The molecule has 0 aliphatic rings. The summed E-state index contributed by atoms with van der Waals surface area (Å²) < 4.78 is 6.33. The summed E-state index contributed by atoms with van der Waals surface area (Å²) in [5.41, 5.74) is 1.13.